The summed E-state index contributed by atoms with van der Waals surface area (Å²) in [5, 5.41) is 4.18. The number of halogens is 2. The summed E-state index contributed by atoms with van der Waals surface area (Å²) in [5.41, 5.74) is 1.95. The molecule has 0 atom stereocenters. The molecular weight excluding hydrogens is 373 g/mol. The quantitative estimate of drug-likeness (QED) is 0.852. The predicted molar refractivity (Wildman–Crippen MR) is 105 cm³/mol. The highest BCUT2D eigenvalue weighted by atomic mass is 35.5. The van der Waals surface area contributed by atoms with Crippen molar-refractivity contribution in [2.45, 2.75) is 6.54 Å². The summed E-state index contributed by atoms with van der Waals surface area (Å²) in [5.74, 6) is 0.660. The topological polar surface area (TPSA) is 44.8 Å². The Bertz CT molecular complexity index is 777. The van der Waals surface area contributed by atoms with Crippen LogP contribution in [-0.2, 0) is 6.54 Å². The van der Waals surface area contributed by atoms with E-state index in [0.717, 1.165) is 24.3 Å². The van der Waals surface area contributed by atoms with Crippen LogP contribution in [0.3, 0.4) is 0 Å². The zero-order valence-electron chi connectivity index (χ0n) is 14.5. The molecule has 1 saturated heterocycles. The Kier molecular flexibility index (Phi) is 6.12. The first-order chi connectivity index (χ1) is 12.6. The summed E-state index contributed by atoms with van der Waals surface area (Å²) in [7, 11) is 1.60. The minimum atomic E-state index is -0.0719. The van der Waals surface area contributed by atoms with Crippen LogP contribution >= 0.6 is 23.2 Å². The van der Waals surface area contributed by atoms with Crippen LogP contribution < -0.4 is 15.0 Å². The van der Waals surface area contributed by atoms with E-state index in [-0.39, 0.29) is 6.03 Å². The van der Waals surface area contributed by atoms with Gasteiger partial charge >= 0.3 is 6.03 Å². The number of hydrogen-bond acceptors (Lipinski definition) is 3. The average Bonchev–Trinajstić information content (AvgIpc) is 2.67. The molecular formula is C19H21Cl2N3O2. The molecule has 0 aromatic heterocycles. The smallest absolute Gasteiger partial charge is 0.317 e. The third-order valence-corrected chi connectivity index (χ3v) is 5.12. The Morgan fingerprint density at radius 3 is 2.46 bits per heavy atom. The predicted octanol–water partition coefficient (Wildman–Crippen LogP) is 4.03. The molecule has 1 aliphatic rings. The van der Waals surface area contributed by atoms with Gasteiger partial charge in [0.15, 0.2) is 0 Å². The van der Waals surface area contributed by atoms with E-state index in [4.69, 9.17) is 27.9 Å². The SMILES string of the molecule is COc1ccc(N2CCN(C(=O)NCc3ccccc3Cl)CC2)cc1Cl. The van der Waals surface area contributed by atoms with Crippen molar-refractivity contribution in [2.24, 2.45) is 0 Å². The van der Waals surface area contributed by atoms with E-state index in [2.05, 4.69) is 10.2 Å². The Morgan fingerprint density at radius 2 is 1.81 bits per heavy atom. The summed E-state index contributed by atoms with van der Waals surface area (Å²) in [6, 6.07) is 13.2. The first-order valence-corrected chi connectivity index (χ1v) is 9.19. The third kappa shape index (κ3) is 4.34. The molecule has 0 saturated carbocycles. The highest BCUT2D eigenvalue weighted by Gasteiger charge is 2.21. The number of hydrogen-bond donors (Lipinski definition) is 1. The standard InChI is InChI=1S/C19H21Cl2N3O2/c1-26-18-7-6-15(12-17(18)21)23-8-10-24(11-9-23)19(25)22-13-14-4-2-3-5-16(14)20/h2-7,12H,8-11,13H2,1H3,(H,22,25). The second-order valence-corrected chi connectivity index (χ2v) is 6.86. The number of nitrogens with zero attached hydrogens (tertiary/aromatic N) is 2. The van der Waals surface area contributed by atoms with Crippen LogP contribution in [0.15, 0.2) is 42.5 Å². The summed E-state index contributed by atoms with van der Waals surface area (Å²) in [6.07, 6.45) is 0. The minimum Gasteiger partial charge on any atom is -0.495 e. The van der Waals surface area contributed by atoms with E-state index in [1.54, 1.807) is 7.11 Å². The molecule has 0 unspecified atom stereocenters. The first-order valence-electron chi connectivity index (χ1n) is 8.43. The number of methoxy groups -OCH3 is 1. The van der Waals surface area contributed by atoms with Crippen molar-refractivity contribution in [1.82, 2.24) is 10.2 Å². The minimum absolute atomic E-state index is 0.0719. The van der Waals surface area contributed by atoms with E-state index >= 15 is 0 Å². The average molecular weight is 394 g/mol. The molecule has 1 fully saturated rings. The number of nitrogens with one attached hydrogen (secondary N) is 1. The van der Waals surface area contributed by atoms with Gasteiger partial charge in [0.25, 0.3) is 0 Å². The van der Waals surface area contributed by atoms with Gasteiger partial charge in [-0.1, -0.05) is 41.4 Å². The number of carbonyl (C=O) groups is 1. The normalized spacial score (nSPS) is 14.3. The van der Waals surface area contributed by atoms with Crippen LogP contribution in [0.2, 0.25) is 10.0 Å². The number of urea groups is 1. The van der Waals surface area contributed by atoms with Gasteiger partial charge in [-0.05, 0) is 29.8 Å². The molecule has 5 nitrogen and oxygen atoms in total. The molecule has 138 valence electrons. The molecule has 3 rings (SSSR count). The molecule has 2 aromatic carbocycles. The molecule has 0 radical (unpaired) electrons. The van der Waals surface area contributed by atoms with Gasteiger partial charge in [-0.25, -0.2) is 4.79 Å². The van der Waals surface area contributed by atoms with Gasteiger partial charge < -0.3 is 19.9 Å². The molecule has 26 heavy (non-hydrogen) atoms. The van der Waals surface area contributed by atoms with E-state index in [1.807, 2.05) is 47.4 Å². The molecule has 1 aliphatic heterocycles. The van der Waals surface area contributed by atoms with Crippen molar-refractivity contribution in [3.8, 4) is 5.75 Å². The van der Waals surface area contributed by atoms with E-state index in [9.17, 15) is 4.79 Å². The number of benzene rings is 2. The zero-order valence-corrected chi connectivity index (χ0v) is 16.1. The van der Waals surface area contributed by atoms with Gasteiger partial charge in [0.05, 0.1) is 12.1 Å². The molecule has 2 amide bonds. The van der Waals surface area contributed by atoms with Crippen LogP contribution in [0.1, 0.15) is 5.56 Å². The molecule has 0 aliphatic carbocycles. The maximum Gasteiger partial charge on any atom is 0.317 e. The van der Waals surface area contributed by atoms with Crippen molar-refractivity contribution in [2.75, 3.05) is 38.2 Å². The fourth-order valence-electron chi connectivity index (χ4n) is 2.94. The highest BCUT2D eigenvalue weighted by Crippen LogP contribution is 2.29. The van der Waals surface area contributed by atoms with Crippen molar-refractivity contribution in [1.29, 1.82) is 0 Å². The van der Waals surface area contributed by atoms with Crippen LogP contribution in [0.4, 0.5) is 10.5 Å². The van der Waals surface area contributed by atoms with Gasteiger partial charge in [-0.15, -0.1) is 0 Å². The van der Waals surface area contributed by atoms with Gasteiger partial charge in [-0.3, -0.25) is 0 Å². The molecule has 7 heteroatoms. The fourth-order valence-corrected chi connectivity index (χ4v) is 3.40. The fraction of sp³-hybridized carbons (Fsp3) is 0.316. The Morgan fingerprint density at radius 1 is 1.08 bits per heavy atom. The van der Waals surface area contributed by atoms with E-state index < -0.39 is 0 Å². The van der Waals surface area contributed by atoms with Gasteiger partial charge in [-0.2, -0.15) is 0 Å². The molecule has 1 N–H and O–H groups in total. The third-order valence-electron chi connectivity index (χ3n) is 4.46. The second-order valence-electron chi connectivity index (χ2n) is 6.04. The van der Waals surface area contributed by atoms with Gasteiger partial charge in [0.1, 0.15) is 5.75 Å². The molecule has 0 bridgehead atoms. The number of ether oxygens (including phenoxy) is 1. The molecule has 0 spiro atoms. The summed E-state index contributed by atoms with van der Waals surface area (Å²) >= 11 is 12.3. The van der Waals surface area contributed by atoms with Gasteiger partial charge in [0, 0.05) is 43.4 Å². The maximum absolute atomic E-state index is 12.4. The lowest BCUT2D eigenvalue weighted by Crippen LogP contribution is -2.51. The van der Waals surface area contributed by atoms with Crippen LogP contribution in [0, 0.1) is 0 Å². The lowest BCUT2D eigenvalue weighted by Gasteiger charge is -2.36. The number of amides is 2. The summed E-state index contributed by atoms with van der Waals surface area (Å²) < 4.78 is 5.19. The van der Waals surface area contributed by atoms with Crippen molar-refractivity contribution < 1.29 is 9.53 Å². The number of rotatable bonds is 4. The van der Waals surface area contributed by atoms with Crippen LogP contribution in [0.5, 0.6) is 5.75 Å². The van der Waals surface area contributed by atoms with Crippen LogP contribution in [0.25, 0.3) is 0 Å². The number of anilines is 1. The van der Waals surface area contributed by atoms with Crippen molar-refractivity contribution >= 4 is 34.9 Å². The molecule has 2 aromatic rings. The van der Waals surface area contributed by atoms with Crippen molar-refractivity contribution in [3.05, 3.63) is 58.1 Å². The number of carbonyl (C=O) groups excluding carboxylic acids is 1. The van der Waals surface area contributed by atoms with Crippen LogP contribution in [-0.4, -0.2) is 44.2 Å². The number of piperazine rings is 1. The summed E-state index contributed by atoms with van der Waals surface area (Å²) in [4.78, 5) is 16.4. The lowest BCUT2D eigenvalue weighted by molar-refractivity contribution is 0.194. The van der Waals surface area contributed by atoms with Gasteiger partial charge in [0.2, 0.25) is 0 Å². The van der Waals surface area contributed by atoms with E-state index in [1.165, 1.54) is 0 Å². The monoisotopic (exact) mass is 393 g/mol. The second kappa shape index (κ2) is 8.52. The Hall–Kier alpha value is -2.11. The lowest BCUT2D eigenvalue weighted by atomic mass is 10.2. The van der Waals surface area contributed by atoms with E-state index in [0.29, 0.717) is 35.4 Å². The Labute approximate surface area is 163 Å². The Balaban J connectivity index is 1.52. The molecule has 1 heterocycles. The van der Waals surface area contributed by atoms with Crippen molar-refractivity contribution in [3.63, 3.8) is 0 Å². The maximum atomic E-state index is 12.4. The highest BCUT2D eigenvalue weighted by molar-refractivity contribution is 6.32. The summed E-state index contributed by atoms with van der Waals surface area (Å²) in [6.45, 7) is 3.23. The zero-order chi connectivity index (χ0) is 18.5. The largest absolute Gasteiger partial charge is 0.495 e. The first kappa shape index (κ1) is 18.7.